The maximum atomic E-state index is 12.6. The summed E-state index contributed by atoms with van der Waals surface area (Å²) in [5, 5.41) is 8.05. The SMILES string of the molecule is Cc1ccc(Cl)c(OCn2ccc(C(=O)NC3C[C@H]4CC[C@H](C3)N4C)n2)c1. The van der Waals surface area contributed by atoms with Crippen LogP contribution in [0.1, 0.15) is 41.7 Å². The van der Waals surface area contributed by atoms with Crippen LogP contribution in [0.4, 0.5) is 0 Å². The number of rotatable bonds is 5. The largest absolute Gasteiger partial charge is 0.470 e. The van der Waals surface area contributed by atoms with E-state index >= 15 is 0 Å². The van der Waals surface area contributed by atoms with Gasteiger partial charge in [-0.25, -0.2) is 4.68 Å². The summed E-state index contributed by atoms with van der Waals surface area (Å²) in [6, 6.07) is 8.77. The number of aryl methyl sites for hydroxylation is 1. The number of amides is 1. The Labute approximate surface area is 164 Å². The van der Waals surface area contributed by atoms with Crippen LogP contribution < -0.4 is 10.1 Å². The van der Waals surface area contributed by atoms with Crippen LogP contribution in [0.25, 0.3) is 0 Å². The molecule has 2 aromatic rings. The minimum absolute atomic E-state index is 0.115. The molecule has 7 heteroatoms. The van der Waals surface area contributed by atoms with Crippen molar-refractivity contribution in [1.29, 1.82) is 0 Å². The summed E-state index contributed by atoms with van der Waals surface area (Å²) in [5.41, 5.74) is 1.49. The standard InChI is InChI=1S/C20H25ClN4O2/c1-13-3-6-17(21)19(9-13)27-12-25-8-7-18(23-25)20(26)22-14-10-15-4-5-16(11-14)24(15)2/h3,6-9,14-16H,4-5,10-12H2,1-2H3,(H,22,26)/t15-,16-/m1/s1. The van der Waals surface area contributed by atoms with E-state index in [1.807, 2.05) is 25.1 Å². The molecule has 1 N–H and O–H groups in total. The third kappa shape index (κ3) is 3.96. The zero-order chi connectivity index (χ0) is 19.0. The molecule has 3 heterocycles. The predicted molar refractivity (Wildman–Crippen MR) is 104 cm³/mol. The lowest BCUT2D eigenvalue weighted by atomic mass is 9.98. The Morgan fingerprint density at radius 2 is 2.04 bits per heavy atom. The van der Waals surface area contributed by atoms with Crippen molar-refractivity contribution >= 4 is 17.5 Å². The van der Waals surface area contributed by atoms with Crippen LogP contribution in [0.5, 0.6) is 5.75 Å². The smallest absolute Gasteiger partial charge is 0.271 e. The lowest BCUT2D eigenvalue weighted by Crippen LogP contribution is -2.48. The molecule has 4 rings (SSSR count). The number of piperidine rings is 1. The van der Waals surface area contributed by atoms with Crippen LogP contribution in [0, 0.1) is 6.92 Å². The number of carbonyl (C=O) groups excluding carboxylic acids is 1. The van der Waals surface area contributed by atoms with Crippen molar-refractivity contribution in [2.24, 2.45) is 0 Å². The van der Waals surface area contributed by atoms with Crippen LogP contribution in [0.2, 0.25) is 5.02 Å². The fraction of sp³-hybridized carbons (Fsp3) is 0.500. The number of nitrogens with one attached hydrogen (secondary N) is 1. The predicted octanol–water partition coefficient (Wildman–Crippen LogP) is 3.24. The van der Waals surface area contributed by atoms with Crippen LogP contribution in [-0.2, 0) is 6.73 Å². The summed E-state index contributed by atoms with van der Waals surface area (Å²) in [6.45, 7) is 2.18. The Kier molecular flexibility index (Phi) is 5.10. The molecule has 27 heavy (non-hydrogen) atoms. The second kappa shape index (κ2) is 7.52. The van der Waals surface area contributed by atoms with Crippen molar-refractivity contribution in [2.45, 2.75) is 57.5 Å². The quantitative estimate of drug-likeness (QED) is 0.854. The first-order valence-corrected chi connectivity index (χ1v) is 9.82. The van der Waals surface area contributed by atoms with Crippen LogP contribution in [0.15, 0.2) is 30.5 Å². The number of nitrogens with zero attached hydrogens (tertiary/aromatic N) is 3. The van der Waals surface area contributed by atoms with E-state index in [4.69, 9.17) is 16.3 Å². The van der Waals surface area contributed by atoms with Gasteiger partial charge in [-0.3, -0.25) is 4.79 Å². The van der Waals surface area contributed by atoms with Gasteiger partial charge in [0, 0.05) is 24.3 Å². The first-order valence-electron chi connectivity index (χ1n) is 9.45. The van der Waals surface area contributed by atoms with Gasteiger partial charge in [-0.15, -0.1) is 0 Å². The van der Waals surface area contributed by atoms with Crippen molar-refractivity contribution < 1.29 is 9.53 Å². The zero-order valence-electron chi connectivity index (χ0n) is 15.7. The molecule has 144 valence electrons. The number of aromatic nitrogens is 2. The molecule has 1 amide bonds. The molecule has 2 aliphatic heterocycles. The molecule has 2 aliphatic rings. The number of hydrogen-bond acceptors (Lipinski definition) is 4. The van der Waals surface area contributed by atoms with E-state index in [2.05, 4.69) is 22.4 Å². The average Bonchev–Trinajstić information content (AvgIpc) is 3.18. The summed E-state index contributed by atoms with van der Waals surface area (Å²) >= 11 is 6.14. The molecular formula is C20H25ClN4O2. The monoisotopic (exact) mass is 388 g/mol. The minimum atomic E-state index is -0.115. The average molecular weight is 389 g/mol. The maximum Gasteiger partial charge on any atom is 0.271 e. The van der Waals surface area contributed by atoms with Gasteiger partial charge in [-0.1, -0.05) is 17.7 Å². The Morgan fingerprint density at radius 3 is 2.78 bits per heavy atom. The lowest BCUT2D eigenvalue weighted by molar-refractivity contribution is 0.0875. The highest BCUT2D eigenvalue weighted by Crippen LogP contribution is 2.34. The van der Waals surface area contributed by atoms with E-state index in [-0.39, 0.29) is 18.7 Å². The summed E-state index contributed by atoms with van der Waals surface area (Å²) in [5.74, 6) is 0.497. The molecule has 1 aromatic carbocycles. The number of halogens is 1. The van der Waals surface area contributed by atoms with Gasteiger partial charge < -0.3 is 15.0 Å². The van der Waals surface area contributed by atoms with Gasteiger partial charge in [0.1, 0.15) is 11.4 Å². The van der Waals surface area contributed by atoms with Crippen molar-refractivity contribution in [3.8, 4) is 5.75 Å². The number of benzene rings is 1. The van der Waals surface area contributed by atoms with E-state index in [9.17, 15) is 4.79 Å². The van der Waals surface area contributed by atoms with Gasteiger partial charge in [-0.2, -0.15) is 5.10 Å². The van der Waals surface area contributed by atoms with Crippen LogP contribution in [-0.4, -0.2) is 45.8 Å². The lowest BCUT2D eigenvalue weighted by Gasteiger charge is -2.36. The first kappa shape index (κ1) is 18.3. The Balaban J connectivity index is 1.33. The zero-order valence-corrected chi connectivity index (χ0v) is 16.4. The van der Waals surface area contributed by atoms with Gasteiger partial charge in [0.2, 0.25) is 0 Å². The Hall–Kier alpha value is -2.05. The molecule has 0 aliphatic carbocycles. The number of fused-ring (bicyclic) bond motifs is 2. The van der Waals surface area contributed by atoms with Crippen LogP contribution >= 0.6 is 11.6 Å². The van der Waals surface area contributed by atoms with Crippen molar-refractivity contribution in [2.75, 3.05) is 7.05 Å². The highest BCUT2D eigenvalue weighted by Gasteiger charge is 2.38. The second-order valence-electron chi connectivity index (χ2n) is 7.64. The maximum absolute atomic E-state index is 12.6. The molecule has 2 fully saturated rings. The summed E-state index contributed by atoms with van der Waals surface area (Å²) in [7, 11) is 2.20. The summed E-state index contributed by atoms with van der Waals surface area (Å²) in [6.07, 6.45) is 6.27. The molecule has 2 atom stereocenters. The minimum Gasteiger partial charge on any atom is -0.470 e. The molecular weight excluding hydrogens is 364 g/mol. The Bertz CT molecular complexity index is 823. The van der Waals surface area contributed by atoms with Gasteiger partial charge in [-0.05, 0) is 63.4 Å². The van der Waals surface area contributed by atoms with E-state index in [1.54, 1.807) is 16.9 Å². The number of carbonyl (C=O) groups is 1. The van der Waals surface area contributed by atoms with E-state index in [1.165, 1.54) is 12.8 Å². The molecule has 6 nitrogen and oxygen atoms in total. The van der Waals surface area contributed by atoms with Crippen molar-refractivity contribution in [3.63, 3.8) is 0 Å². The van der Waals surface area contributed by atoms with Gasteiger partial charge >= 0.3 is 0 Å². The van der Waals surface area contributed by atoms with E-state index < -0.39 is 0 Å². The molecule has 0 unspecified atom stereocenters. The van der Waals surface area contributed by atoms with Crippen LogP contribution in [0.3, 0.4) is 0 Å². The van der Waals surface area contributed by atoms with Crippen molar-refractivity contribution in [1.82, 2.24) is 20.0 Å². The van der Waals surface area contributed by atoms with E-state index in [0.717, 1.165) is 18.4 Å². The highest BCUT2D eigenvalue weighted by atomic mass is 35.5. The van der Waals surface area contributed by atoms with Gasteiger partial charge in [0.15, 0.2) is 6.73 Å². The fourth-order valence-electron chi connectivity index (χ4n) is 4.20. The van der Waals surface area contributed by atoms with E-state index in [0.29, 0.717) is 28.5 Å². The topological polar surface area (TPSA) is 59.4 Å². The molecule has 2 saturated heterocycles. The number of ether oxygens (including phenoxy) is 1. The second-order valence-corrected chi connectivity index (χ2v) is 8.05. The molecule has 0 radical (unpaired) electrons. The fourth-order valence-corrected chi connectivity index (χ4v) is 4.37. The highest BCUT2D eigenvalue weighted by molar-refractivity contribution is 6.32. The molecule has 1 aromatic heterocycles. The van der Waals surface area contributed by atoms with Gasteiger partial charge in [0.05, 0.1) is 5.02 Å². The Morgan fingerprint density at radius 1 is 1.30 bits per heavy atom. The molecule has 0 saturated carbocycles. The normalized spacial score (nSPS) is 24.8. The summed E-state index contributed by atoms with van der Waals surface area (Å²) < 4.78 is 7.33. The first-order chi connectivity index (χ1) is 13.0. The molecule has 0 spiro atoms. The summed E-state index contributed by atoms with van der Waals surface area (Å²) in [4.78, 5) is 15.0. The molecule has 2 bridgehead atoms. The van der Waals surface area contributed by atoms with Crippen molar-refractivity contribution in [3.05, 3.63) is 46.7 Å². The third-order valence-electron chi connectivity index (χ3n) is 5.75. The number of hydrogen-bond donors (Lipinski definition) is 1. The van der Waals surface area contributed by atoms with Gasteiger partial charge in [0.25, 0.3) is 5.91 Å². The third-order valence-corrected chi connectivity index (χ3v) is 6.06.